The summed E-state index contributed by atoms with van der Waals surface area (Å²) in [5.41, 5.74) is 2.78. The van der Waals surface area contributed by atoms with Crippen molar-refractivity contribution in [3.05, 3.63) is 41.6 Å². The molecule has 2 aromatic heterocycles. The average Bonchev–Trinajstić information content (AvgIpc) is 3.18. The van der Waals surface area contributed by atoms with E-state index >= 15 is 0 Å². The summed E-state index contributed by atoms with van der Waals surface area (Å²) >= 11 is 0. The third-order valence-corrected chi connectivity index (χ3v) is 3.81. The normalized spacial score (nSPS) is 19.4. The lowest BCUT2D eigenvalue weighted by atomic mass is 10.0. The van der Waals surface area contributed by atoms with E-state index < -0.39 is 0 Å². The molecule has 1 saturated heterocycles. The Morgan fingerprint density at radius 3 is 3.30 bits per heavy atom. The molecule has 1 fully saturated rings. The van der Waals surface area contributed by atoms with E-state index in [9.17, 15) is 4.79 Å². The summed E-state index contributed by atoms with van der Waals surface area (Å²) in [6.07, 6.45) is 6.11. The first-order valence-corrected chi connectivity index (χ1v) is 6.76. The molecule has 1 amide bonds. The average molecular weight is 274 g/mol. The quantitative estimate of drug-likeness (QED) is 0.882. The van der Waals surface area contributed by atoms with Crippen LogP contribution in [-0.4, -0.2) is 41.1 Å². The molecule has 0 spiro atoms. The Hall–Kier alpha value is -2.08. The van der Waals surface area contributed by atoms with E-state index in [1.54, 1.807) is 25.8 Å². The summed E-state index contributed by atoms with van der Waals surface area (Å²) in [5, 5.41) is 9.66. The van der Waals surface area contributed by atoms with E-state index in [2.05, 4.69) is 20.4 Å². The zero-order chi connectivity index (χ0) is 13.9. The number of nitrogens with one attached hydrogen (secondary N) is 2. The third-order valence-electron chi connectivity index (χ3n) is 3.81. The van der Waals surface area contributed by atoms with Crippen molar-refractivity contribution in [3.8, 4) is 0 Å². The Balaban J connectivity index is 1.68. The van der Waals surface area contributed by atoms with Crippen LogP contribution in [0.4, 0.5) is 0 Å². The molecular formula is C14H18N4O2. The van der Waals surface area contributed by atoms with E-state index in [1.807, 2.05) is 6.07 Å². The van der Waals surface area contributed by atoms with Crippen molar-refractivity contribution in [1.29, 1.82) is 0 Å². The second-order valence-electron chi connectivity index (χ2n) is 5.13. The van der Waals surface area contributed by atoms with Crippen LogP contribution in [0.25, 0.3) is 0 Å². The molecule has 1 aliphatic heterocycles. The van der Waals surface area contributed by atoms with Gasteiger partial charge in [-0.3, -0.25) is 14.8 Å². The molecule has 3 rings (SSSR count). The van der Waals surface area contributed by atoms with Gasteiger partial charge in [-0.05, 0) is 19.0 Å². The van der Waals surface area contributed by atoms with Gasteiger partial charge in [0.15, 0.2) is 0 Å². The predicted octanol–water partition coefficient (Wildman–Crippen LogP) is 1.35. The summed E-state index contributed by atoms with van der Waals surface area (Å²) in [7, 11) is 1.64. The number of carbonyl (C=O) groups is 1. The number of carbonyl (C=O) groups excluding carboxylic acids is 1. The molecule has 0 aliphatic carbocycles. The number of aromatic nitrogens is 2. The standard InChI is InChI=1S/C14H18N4O2/c1-15-14(19)12-6-16-17-13(12)11-2-4-18(8-11)7-10-3-5-20-9-10/h3,5-6,9,11H,2,4,7-8H2,1H3,(H,15,19)(H,16,17)/t11-/m1/s1. The second-order valence-corrected chi connectivity index (χ2v) is 5.13. The predicted molar refractivity (Wildman–Crippen MR) is 73.3 cm³/mol. The Morgan fingerprint density at radius 1 is 1.65 bits per heavy atom. The molecule has 0 bridgehead atoms. The van der Waals surface area contributed by atoms with Gasteiger partial charge in [-0.15, -0.1) is 0 Å². The molecule has 1 atom stereocenters. The van der Waals surface area contributed by atoms with Crippen molar-refractivity contribution < 1.29 is 9.21 Å². The van der Waals surface area contributed by atoms with Crippen molar-refractivity contribution in [2.24, 2.45) is 0 Å². The SMILES string of the molecule is CNC(=O)c1cn[nH]c1[C@@H]1CCN(Cc2ccoc2)C1. The van der Waals surface area contributed by atoms with Gasteiger partial charge in [-0.25, -0.2) is 0 Å². The Morgan fingerprint density at radius 2 is 2.55 bits per heavy atom. The first kappa shape index (κ1) is 12.9. The van der Waals surface area contributed by atoms with Gasteiger partial charge in [0.2, 0.25) is 0 Å². The van der Waals surface area contributed by atoms with Crippen LogP contribution < -0.4 is 5.32 Å². The van der Waals surface area contributed by atoms with Crippen LogP contribution in [0.2, 0.25) is 0 Å². The van der Waals surface area contributed by atoms with E-state index in [0.29, 0.717) is 11.5 Å². The fourth-order valence-electron chi connectivity index (χ4n) is 2.78. The molecule has 2 aromatic rings. The number of H-pyrrole nitrogens is 1. The first-order chi connectivity index (χ1) is 9.78. The number of nitrogens with zero attached hydrogens (tertiary/aromatic N) is 2. The number of likely N-dealkylation sites (tertiary alicyclic amines) is 1. The highest BCUT2D eigenvalue weighted by molar-refractivity contribution is 5.95. The van der Waals surface area contributed by atoms with Gasteiger partial charge in [-0.2, -0.15) is 5.10 Å². The highest BCUT2D eigenvalue weighted by Crippen LogP contribution is 2.29. The van der Waals surface area contributed by atoms with E-state index in [0.717, 1.165) is 31.7 Å². The summed E-state index contributed by atoms with van der Waals surface area (Å²) < 4.78 is 5.09. The summed E-state index contributed by atoms with van der Waals surface area (Å²) in [5.74, 6) is 0.249. The van der Waals surface area contributed by atoms with Crippen molar-refractivity contribution in [3.63, 3.8) is 0 Å². The van der Waals surface area contributed by atoms with Gasteiger partial charge in [0, 0.05) is 31.6 Å². The van der Waals surface area contributed by atoms with Crippen molar-refractivity contribution >= 4 is 5.91 Å². The lowest BCUT2D eigenvalue weighted by Crippen LogP contribution is -2.22. The topological polar surface area (TPSA) is 74.2 Å². The summed E-state index contributed by atoms with van der Waals surface area (Å²) in [4.78, 5) is 14.2. The van der Waals surface area contributed by atoms with E-state index in [1.165, 1.54) is 5.56 Å². The number of hydrogen-bond donors (Lipinski definition) is 2. The maximum absolute atomic E-state index is 11.8. The Bertz CT molecular complexity index is 576. The lowest BCUT2D eigenvalue weighted by molar-refractivity contribution is 0.0961. The molecule has 0 aromatic carbocycles. The minimum atomic E-state index is -0.0814. The molecule has 106 valence electrons. The van der Waals surface area contributed by atoms with Gasteiger partial charge in [0.05, 0.1) is 30.0 Å². The molecular weight excluding hydrogens is 256 g/mol. The zero-order valence-corrected chi connectivity index (χ0v) is 11.4. The maximum atomic E-state index is 11.8. The van der Waals surface area contributed by atoms with Crippen molar-refractivity contribution in [2.45, 2.75) is 18.9 Å². The molecule has 2 N–H and O–H groups in total. The number of aromatic amines is 1. The van der Waals surface area contributed by atoms with Gasteiger partial charge >= 0.3 is 0 Å². The number of furan rings is 1. The molecule has 6 heteroatoms. The molecule has 0 saturated carbocycles. The number of rotatable bonds is 4. The summed E-state index contributed by atoms with van der Waals surface area (Å²) in [6, 6.07) is 1.99. The van der Waals surface area contributed by atoms with Crippen LogP contribution in [0.1, 0.15) is 34.0 Å². The fourth-order valence-corrected chi connectivity index (χ4v) is 2.78. The van der Waals surface area contributed by atoms with Gasteiger partial charge in [0.25, 0.3) is 5.91 Å². The van der Waals surface area contributed by atoms with E-state index in [-0.39, 0.29) is 5.91 Å². The molecule has 6 nitrogen and oxygen atoms in total. The molecule has 20 heavy (non-hydrogen) atoms. The molecule has 1 aliphatic rings. The largest absolute Gasteiger partial charge is 0.472 e. The van der Waals surface area contributed by atoms with Gasteiger partial charge in [0.1, 0.15) is 0 Å². The summed E-state index contributed by atoms with van der Waals surface area (Å²) in [6.45, 7) is 2.83. The smallest absolute Gasteiger partial charge is 0.254 e. The van der Waals surface area contributed by atoms with E-state index in [4.69, 9.17) is 4.42 Å². The van der Waals surface area contributed by atoms with Gasteiger partial charge in [-0.1, -0.05) is 0 Å². The molecule has 0 unspecified atom stereocenters. The maximum Gasteiger partial charge on any atom is 0.254 e. The fraction of sp³-hybridized carbons (Fsp3) is 0.429. The first-order valence-electron chi connectivity index (χ1n) is 6.76. The van der Waals surface area contributed by atoms with Crippen molar-refractivity contribution in [1.82, 2.24) is 20.4 Å². The Labute approximate surface area is 117 Å². The monoisotopic (exact) mass is 274 g/mol. The minimum absolute atomic E-state index is 0.0814. The van der Waals surface area contributed by atoms with Gasteiger partial charge < -0.3 is 9.73 Å². The second kappa shape index (κ2) is 5.50. The van der Waals surface area contributed by atoms with Crippen LogP contribution in [0.3, 0.4) is 0 Å². The third kappa shape index (κ3) is 2.46. The number of amides is 1. The van der Waals surface area contributed by atoms with Crippen LogP contribution in [0, 0.1) is 0 Å². The van der Waals surface area contributed by atoms with Crippen LogP contribution >= 0.6 is 0 Å². The van der Waals surface area contributed by atoms with Crippen molar-refractivity contribution in [2.75, 3.05) is 20.1 Å². The molecule has 3 heterocycles. The van der Waals surface area contributed by atoms with Crippen LogP contribution in [-0.2, 0) is 6.54 Å². The number of hydrogen-bond acceptors (Lipinski definition) is 4. The van der Waals surface area contributed by atoms with Crippen LogP contribution in [0.5, 0.6) is 0 Å². The minimum Gasteiger partial charge on any atom is -0.472 e. The Kier molecular flexibility index (Phi) is 3.56. The lowest BCUT2D eigenvalue weighted by Gasteiger charge is -2.14. The molecule has 0 radical (unpaired) electrons. The van der Waals surface area contributed by atoms with Crippen LogP contribution in [0.15, 0.2) is 29.2 Å². The highest BCUT2D eigenvalue weighted by Gasteiger charge is 2.28. The zero-order valence-electron chi connectivity index (χ0n) is 11.4. The highest BCUT2D eigenvalue weighted by atomic mass is 16.3.